The van der Waals surface area contributed by atoms with Gasteiger partial charge in [0, 0.05) is 32.0 Å². The van der Waals surface area contributed by atoms with Gasteiger partial charge in [0.1, 0.15) is 17.4 Å². The van der Waals surface area contributed by atoms with Crippen LogP contribution in [0.1, 0.15) is 17.0 Å². The number of fused-ring (bicyclic) bond motifs is 1. The van der Waals surface area contributed by atoms with Crippen LogP contribution >= 0.6 is 0 Å². The summed E-state index contributed by atoms with van der Waals surface area (Å²) in [6, 6.07) is 5.81. The number of aromatic nitrogens is 2. The molecule has 21 heavy (non-hydrogen) atoms. The number of nitrogens with one attached hydrogen (secondary N) is 1. The summed E-state index contributed by atoms with van der Waals surface area (Å²) in [7, 11) is 1.60. The van der Waals surface area contributed by atoms with Crippen molar-refractivity contribution in [2.24, 2.45) is 5.73 Å². The number of imidazole rings is 1. The largest absolute Gasteiger partial charge is 0.496 e. The normalized spacial score (nSPS) is 14.7. The van der Waals surface area contributed by atoms with E-state index < -0.39 is 0 Å². The summed E-state index contributed by atoms with van der Waals surface area (Å²) < 4.78 is 7.51. The first kappa shape index (κ1) is 13.6. The van der Waals surface area contributed by atoms with E-state index in [9.17, 15) is 0 Å². The van der Waals surface area contributed by atoms with Crippen molar-refractivity contribution in [1.29, 1.82) is 5.41 Å². The van der Waals surface area contributed by atoms with Gasteiger partial charge in [0.2, 0.25) is 0 Å². The molecule has 110 valence electrons. The first-order valence-corrected chi connectivity index (χ1v) is 6.91. The summed E-state index contributed by atoms with van der Waals surface area (Å²) in [6.45, 7) is 3.66. The summed E-state index contributed by atoms with van der Waals surface area (Å²) in [4.78, 5) is 6.72. The van der Waals surface area contributed by atoms with E-state index in [2.05, 4.69) is 14.5 Å². The molecular formula is C15H19N5O. The molecule has 6 nitrogen and oxygen atoms in total. The fourth-order valence-electron chi connectivity index (χ4n) is 2.67. The van der Waals surface area contributed by atoms with Crippen molar-refractivity contribution in [2.75, 3.05) is 13.7 Å². The number of ether oxygens (including phenoxy) is 1. The predicted octanol–water partition coefficient (Wildman–Crippen LogP) is 1.19. The van der Waals surface area contributed by atoms with Crippen molar-refractivity contribution in [2.45, 2.75) is 19.6 Å². The molecule has 0 amide bonds. The molecule has 0 radical (unpaired) electrons. The molecule has 2 heterocycles. The van der Waals surface area contributed by atoms with Crippen molar-refractivity contribution in [1.82, 2.24) is 14.5 Å². The summed E-state index contributed by atoms with van der Waals surface area (Å²) >= 11 is 0. The minimum atomic E-state index is 0.0263. The van der Waals surface area contributed by atoms with E-state index in [1.54, 1.807) is 7.11 Å². The molecule has 0 aliphatic carbocycles. The molecular weight excluding hydrogens is 266 g/mol. The van der Waals surface area contributed by atoms with E-state index in [1.807, 2.05) is 30.6 Å². The van der Waals surface area contributed by atoms with Crippen molar-refractivity contribution in [3.63, 3.8) is 0 Å². The van der Waals surface area contributed by atoms with Crippen LogP contribution in [0.2, 0.25) is 0 Å². The van der Waals surface area contributed by atoms with Crippen LogP contribution in [0.3, 0.4) is 0 Å². The SMILES string of the molecule is COc1cc(CN2CCn3ccnc3C2)ccc1C(=N)N. The molecule has 1 aromatic carbocycles. The van der Waals surface area contributed by atoms with Gasteiger partial charge in [-0.15, -0.1) is 0 Å². The Morgan fingerprint density at radius 1 is 1.43 bits per heavy atom. The number of hydrogen-bond donors (Lipinski definition) is 2. The molecule has 6 heteroatoms. The number of rotatable bonds is 4. The highest BCUT2D eigenvalue weighted by molar-refractivity contribution is 5.97. The smallest absolute Gasteiger partial charge is 0.130 e. The van der Waals surface area contributed by atoms with E-state index in [-0.39, 0.29) is 5.84 Å². The average molecular weight is 285 g/mol. The van der Waals surface area contributed by atoms with Gasteiger partial charge in [0.25, 0.3) is 0 Å². The first-order valence-electron chi connectivity index (χ1n) is 6.91. The Kier molecular flexibility index (Phi) is 3.62. The standard InChI is InChI=1S/C15H19N5O/c1-21-13-8-11(2-3-12(13)15(16)17)9-19-6-7-20-5-4-18-14(20)10-19/h2-5,8H,6-7,9-10H2,1H3,(H3,16,17). The monoisotopic (exact) mass is 285 g/mol. The van der Waals surface area contributed by atoms with Crippen LogP contribution in [0, 0.1) is 5.41 Å². The molecule has 3 N–H and O–H groups in total. The number of nitrogens with two attached hydrogens (primary N) is 1. The average Bonchev–Trinajstić information content (AvgIpc) is 2.94. The quantitative estimate of drug-likeness (QED) is 0.653. The van der Waals surface area contributed by atoms with Gasteiger partial charge in [-0.3, -0.25) is 10.3 Å². The fourth-order valence-corrected chi connectivity index (χ4v) is 2.67. The second kappa shape index (κ2) is 5.57. The molecule has 1 aliphatic heterocycles. The zero-order chi connectivity index (χ0) is 14.8. The summed E-state index contributed by atoms with van der Waals surface area (Å²) in [5, 5.41) is 7.54. The van der Waals surface area contributed by atoms with Gasteiger partial charge in [-0.05, 0) is 17.7 Å². The molecule has 0 bridgehead atoms. The lowest BCUT2D eigenvalue weighted by molar-refractivity contribution is 0.208. The Morgan fingerprint density at radius 2 is 2.29 bits per heavy atom. The first-order chi connectivity index (χ1) is 10.2. The predicted molar refractivity (Wildman–Crippen MR) is 80.4 cm³/mol. The van der Waals surface area contributed by atoms with E-state index in [0.29, 0.717) is 11.3 Å². The van der Waals surface area contributed by atoms with Gasteiger partial charge < -0.3 is 15.0 Å². The van der Waals surface area contributed by atoms with Crippen LogP contribution in [-0.2, 0) is 19.6 Å². The van der Waals surface area contributed by atoms with E-state index in [0.717, 1.165) is 37.6 Å². The Morgan fingerprint density at radius 3 is 3.05 bits per heavy atom. The molecule has 0 unspecified atom stereocenters. The maximum Gasteiger partial charge on any atom is 0.130 e. The van der Waals surface area contributed by atoms with Crippen LogP contribution in [-0.4, -0.2) is 33.9 Å². The zero-order valence-corrected chi connectivity index (χ0v) is 12.0. The maximum absolute atomic E-state index is 7.54. The van der Waals surface area contributed by atoms with E-state index in [1.165, 1.54) is 0 Å². The lowest BCUT2D eigenvalue weighted by atomic mass is 10.1. The molecule has 1 aromatic heterocycles. The fraction of sp³-hybridized carbons (Fsp3) is 0.333. The topological polar surface area (TPSA) is 80.2 Å². The van der Waals surface area contributed by atoms with Gasteiger partial charge >= 0.3 is 0 Å². The lowest BCUT2D eigenvalue weighted by Crippen LogP contribution is -2.33. The third kappa shape index (κ3) is 2.75. The third-order valence-electron chi connectivity index (χ3n) is 3.79. The Bertz CT molecular complexity index is 664. The Hall–Kier alpha value is -2.34. The molecule has 1 aliphatic rings. The number of hydrogen-bond acceptors (Lipinski definition) is 4. The van der Waals surface area contributed by atoms with Crippen LogP contribution in [0.15, 0.2) is 30.6 Å². The van der Waals surface area contributed by atoms with Crippen LogP contribution in [0.5, 0.6) is 5.75 Å². The van der Waals surface area contributed by atoms with Gasteiger partial charge in [-0.25, -0.2) is 4.98 Å². The van der Waals surface area contributed by atoms with Crippen LogP contribution in [0.25, 0.3) is 0 Å². The maximum atomic E-state index is 7.54. The highest BCUT2D eigenvalue weighted by atomic mass is 16.5. The second-order valence-corrected chi connectivity index (χ2v) is 5.20. The van der Waals surface area contributed by atoms with Gasteiger partial charge in [0.15, 0.2) is 0 Å². The highest BCUT2D eigenvalue weighted by Gasteiger charge is 2.17. The van der Waals surface area contributed by atoms with Gasteiger partial charge in [-0.1, -0.05) is 6.07 Å². The van der Waals surface area contributed by atoms with Crippen LogP contribution < -0.4 is 10.5 Å². The number of nitrogen functional groups attached to an aromatic ring is 1. The van der Waals surface area contributed by atoms with Gasteiger partial charge in [0.05, 0.1) is 19.2 Å². The molecule has 0 saturated carbocycles. The number of nitrogens with zero attached hydrogens (tertiary/aromatic N) is 3. The van der Waals surface area contributed by atoms with Crippen molar-refractivity contribution < 1.29 is 4.74 Å². The van der Waals surface area contributed by atoms with Gasteiger partial charge in [-0.2, -0.15) is 0 Å². The minimum absolute atomic E-state index is 0.0263. The lowest BCUT2D eigenvalue weighted by Gasteiger charge is -2.27. The molecule has 3 rings (SSSR count). The third-order valence-corrected chi connectivity index (χ3v) is 3.79. The van der Waals surface area contributed by atoms with E-state index in [4.69, 9.17) is 15.9 Å². The minimum Gasteiger partial charge on any atom is -0.496 e. The molecule has 0 saturated heterocycles. The second-order valence-electron chi connectivity index (χ2n) is 5.20. The Balaban J connectivity index is 1.75. The highest BCUT2D eigenvalue weighted by Crippen LogP contribution is 2.22. The molecule has 0 fully saturated rings. The number of methoxy groups -OCH3 is 1. The van der Waals surface area contributed by atoms with Crippen molar-refractivity contribution in [3.8, 4) is 5.75 Å². The Labute approximate surface area is 123 Å². The molecule has 0 atom stereocenters. The number of benzene rings is 1. The molecule has 2 aromatic rings. The molecule has 0 spiro atoms. The summed E-state index contributed by atoms with van der Waals surface area (Å²) in [5.74, 6) is 1.78. The summed E-state index contributed by atoms with van der Waals surface area (Å²) in [5.41, 5.74) is 7.33. The van der Waals surface area contributed by atoms with E-state index >= 15 is 0 Å². The van der Waals surface area contributed by atoms with Crippen molar-refractivity contribution in [3.05, 3.63) is 47.5 Å². The number of amidine groups is 1. The van der Waals surface area contributed by atoms with Crippen LogP contribution in [0.4, 0.5) is 0 Å². The zero-order valence-electron chi connectivity index (χ0n) is 12.0. The van der Waals surface area contributed by atoms with Crippen molar-refractivity contribution >= 4 is 5.84 Å². The summed E-state index contributed by atoms with van der Waals surface area (Å²) in [6.07, 6.45) is 3.88.